The molecule has 0 saturated heterocycles. The Bertz CT molecular complexity index is 1130. The van der Waals surface area contributed by atoms with Crippen LogP contribution in [0, 0.1) is 29.1 Å². The Balaban J connectivity index is 2.50. The number of hydrogen-bond donors (Lipinski definition) is 1. The van der Waals surface area contributed by atoms with Crippen LogP contribution in [-0.2, 0) is 0 Å². The molecule has 0 saturated carbocycles. The lowest BCUT2D eigenvalue weighted by Gasteiger charge is -2.14. The standard InChI is InChI=1S/C16H6F5NO4/c17-6-1-2-9(7(18)3-6)22-5-11(26-16(24)25)15(23)12-10(22)4-8(19)13(20)14(12)21/h1-5H,(H,24,25). The summed E-state index contributed by atoms with van der Waals surface area (Å²) in [6.45, 7) is 0. The number of ether oxygens (including phenoxy) is 1. The number of aromatic nitrogens is 1. The van der Waals surface area contributed by atoms with E-state index in [4.69, 9.17) is 5.11 Å². The fraction of sp³-hybridized carbons (Fsp3) is 0. The molecular weight excluding hydrogens is 365 g/mol. The molecule has 0 spiro atoms. The largest absolute Gasteiger partial charge is 0.511 e. The Morgan fingerprint density at radius 1 is 1.00 bits per heavy atom. The van der Waals surface area contributed by atoms with Crippen LogP contribution in [0.1, 0.15) is 0 Å². The second kappa shape index (κ2) is 6.14. The average molecular weight is 371 g/mol. The predicted molar refractivity (Wildman–Crippen MR) is 78.0 cm³/mol. The molecule has 0 amide bonds. The lowest BCUT2D eigenvalue weighted by molar-refractivity contribution is 0.144. The summed E-state index contributed by atoms with van der Waals surface area (Å²) in [5, 5.41) is 7.60. The Hall–Kier alpha value is -3.43. The molecule has 1 heterocycles. The van der Waals surface area contributed by atoms with E-state index in [0.29, 0.717) is 22.9 Å². The van der Waals surface area contributed by atoms with E-state index < -0.39 is 63.0 Å². The first-order valence-corrected chi connectivity index (χ1v) is 6.79. The van der Waals surface area contributed by atoms with Crippen LogP contribution in [0.2, 0.25) is 0 Å². The smallest absolute Gasteiger partial charge is 0.449 e. The van der Waals surface area contributed by atoms with Crippen molar-refractivity contribution in [3.63, 3.8) is 0 Å². The highest BCUT2D eigenvalue weighted by Crippen LogP contribution is 2.27. The number of rotatable bonds is 2. The van der Waals surface area contributed by atoms with Crippen molar-refractivity contribution in [2.24, 2.45) is 0 Å². The maximum Gasteiger partial charge on any atom is 0.511 e. The van der Waals surface area contributed by atoms with E-state index >= 15 is 0 Å². The molecule has 0 radical (unpaired) electrons. The molecule has 0 fully saturated rings. The Labute approximate surface area is 140 Å². The molecule has 5 nitrogen and oxygen atoms in total. The molecule has 1 N–H and O–H groups in total. The van der Waals surface area contributed by atoms with Crippen LogP contribution in [-0.4, -0.2) is 15.8 Å². The summed E-state index contributed by atoms with van der Waals surface area (Å²) in [7, 11) is 0. The monoisotopic (exact) mass is 371 g/mol. The quantitative estimate of drug-likeness (QED) is 0.423. The van der Waals surface area contributed by atoms with Gasteiger partial charge < -0.3 is 14.4 Å². The molecule has 3 aromatic rings. The molecule has 2 aromatic carbocycles. The summed E-state index contributed by atoms with van der Waals surface area (Å²) < 4.78 is 73.3. The molecule has 0 bridgehead atoms. The Morgan fingerprint density at radius 3 is 2.31 bits per heavy atom. The first-order chi connectivity index (χ1) is 12.2. The van der Waals surface area contributed by atoms with Crippen molar-refractivity contribution in [3.05, 3.63) is 69.8 Å². The number of halogens is 5. The second-order valence-electron chi connectivity index (χ2n) is 5.04. The molecule has 0 aliphatic heterocycles. The maximum atomic E-state index is 14.1. The molecule has 26 heavy (non-hydrogen) atoms. The van der Waals surface area contributed by atoms with Gasteiger partial charge in [-0.05, 0) is 12.1 Å². The topological polar surface area (TPSA) is 68.5 Å². The van der Waals surface area contributed by atoms with Crippen molar-refractivity contribution in [1.29, 1.82) is 0 Å². The normalized spacial score (nSPS) is 11.0. The highest BCUT2D eigenvalue weighted by Gasteiger charge is 2.23. The number of carbonyl (C=O) groups is 1. The van der Waals surface area contributed by atoms with Crippen molar-refractivity contribution in [2.75, 3.05) is 0 Å². The van der Waals surface area contributed by atoms with Gasteiger partial charge in [-0.2, -0.15) is 0 Å². The Kier molecular flexibility index (Phi) is 4.10. The van der Waals surface area contributed by atoms with E-state index in [1.165, 1.54) is 0 Å². The zero-order valence-electron chi connectivity index (χ0n) is 12.4. The minimum atomic E-state index is -1.98. The van der Waals surface area contributed by atoms with Gasteiger partial charge in [0.1, 0.15) is 11.6 Å². The average Bonchev–Trinajstić information content (AvgIpc) is 2.55. The molecule has 134 valence electrons. The van der Waals surface area contributed by atoms with Crippen molar-refractivity contribution >= 4 is 17.1 Å². The van der Waals surface area contributed by atoms with Crippen LogP contribution in [0.3, 0.4) is 0 Å². The molecular formula is C16H6F5NO4. The Morgan fingerprint density at radius 2 is 1.69 bits per heavy atom. The van der Waals surface area contributed by atoms with Crippen LogP contribution >= 0.6 is 0 Å². The molecule has 10 heteroatoms. The van der Waals surface area contributed by atoms with Gasteiger partial charge in [0.05, 0.1) is 22.8 Å². The number of hydrogen-bond acceptors (Lipinski definition) is 3. The molecule has 0 atom stereocenters. The predicted octanol–water partition coefficient (Wildman–Crippen LogP) is 3.74. The molecule has 0 unspecified atom stereocenters. The summed E-state index contributed by atoms with van der Waals surface area (Å²) in [4.78, 5) is 22.9. The number of nitrogens with zero attached hydrogens (tertiary/aromatic N) is 1. The summed E-state index contributed by atoms with van der Waals surface area (Å²) in [5.74, 6) is -8.69. The van der Waals surface area contributed by atoms with E-state index in [1.807, 2.05) is 0 Å². The lowest BCUT2D eigenvalue weighted by Crippen LogP contribution is -2.18. The third-order valence-corrected chi connectivity index (χ3v) is 3.46. The highest BCUT2D eigenvalue weighted by atomic mass is 19.2. The molecule has 3 rings (SSSR count). The van der Waals surface area contributed by atoms with Crippen molar-refractivity contribution < 1.29 is 36.6 Å². The van der Waals surface area contributed by atoms with Crippen LogP contribution in [0.15, 0.2) is 35.3 Å². The van der Waals surface area contributed by atoms with Crippen molar-refractivity contribution in [3.8, 4) is 11.4 Å². The van der Waals surface area contributed by atoms with Crippen molar-refractivity contribution in [2.45, 2.75) is 0 Å². The van der Waals surface area contributed by atoms with Crippen LogP contribution in [0.25, 0.3) is 16.6 Å². The first-order valence-electron chi connectivity index (χ1n) is 6.79. The summed E-state index contributed by atoms with van der Waals surface area (Å²) >= 11 is 0. The van der Waals surface area contributed by atoms with Gasteiger partial charge in [-0.3, -0.25) is 4.79 Å². The number of fused-ring (bicyclic) bond motifs is 1. The molecule has 0 aliphatic rings. The third kappa shape index (κ3) is 2.75. The van der Waals surface area contributed by atoms with Gasteiger partial charge in [0.15, 0.2) is 23.2 Å². The first kappa shape index (κ1) is 17.4. The van der Waals surface area contributed by atoms with Gasteiger partial charge in [0, 0.05) is 12.1 Å². The third-order valence-electron chi connectivity index (χ3n) is 3.46. The van der Waals surface area contributed by atoms with Crippen LogP contribution in [0.4, 0.5) is 26.7 Å². The van der Waals surface area contributed by atoms with Gasteiger partial charge in [0.25, 0.3) is 0 Å². The fourth-order valence-electron chi connectivity index (χ4n) is 2.40. The van der Waals surface area contributed by atoms with E-state index in [2.05, 4.69) is 4.74 Å². The van der Waals surface area contributed by atoms with E-state index in [0.717, 1.165) is 12.1 Å². The summed E-state index contributed by atoms with van der Waals surface area (Å²) in [6, 6.07) is 2.56. The van der Waals surface area contributed by atoms with E-state index in [9.17, 15) is 31.5 Å². The summed E-state index contributed by atoms with van der Waals surface area (Å²) in [6.07, 6.45) is -1.30. The van der Waals surface area contributed by atoms with Crippen LogP contribution in [0.5, 0.6) is 5.75 Å². The zero-order chi connectivity index (χ0) is 19.2. The van der Waals surface area contributed by atoms with Gasteiger partial charge in [-0.25, -0.2) is 26.7 Å². The van der Waals surface area contributed by atoms with Gasteiger partial charge in [-0.1, -0.05) is 0 Å². The highest BCUT2D eigenvalue weighted by molar-refractivity contribution is 5.83. The number of carboxylic acid groups (broad SMARTS) is 1. The fourth-order valence-corrected chi connectivity index (χ4v) is 2.40. The summed E-state index contributed by atoms with van der Waals surface area (Å²) in [5.41, 5.74) is -2.50. The number of benzene rings is 2. The second-order valence-corrected chi connectivity index (χ2v) is 5.04. The van der Waals surface area contributed by atoms with E-state index in [-0.39, 0.29) is 0 Å². The minimum absolute atomic E-state index is 0.419. The van der Waals surface area contributed by atoms with Crippen LogP contribution < -0.4 is 10.2 Å². The molecule has 0 aliphatic carbocycles. The minimum Gasteiger partial charge on any atom is -0.449 e. The van der Waals surface area contributed by atoms with Gasteiger partial charge in [0.2, 0.25) is 5.43 Å². The SMILES string of the molecule is O=C(O)Oc1cn(-c2ccc(F)cc2F)c2cc(F)c(F)c(F)c2c1=O. The molecule has 1 aromatic heterocycles. The van der Waals surface area contributed by atoms with Gasteiger partial charge >= 0.3 is 6.16 Å². The maximum absolute atomic E-state index is 14.1. The van der Waals surface area contributed by atoms with E-state index in [1.54, 1.807) is 0 Å². The zero-order valence-corrected chi connectivity index (χ0v) is 12.4. The lowest BCUT2D eigenvalue weighted by atomic mass is 10.1. The van der Waals surface area contributed by atoms with Gasteiger partial charge in [-0.15, -0.1) is 0 Å². The number of pyridine rings is 1. The van der Waals surface area contributed by atoms with Crippen molar-refractivity contribution in [1.82, 2.24) is 4.57 Å².